The van der Waals surface area contributed by atoms with Gasteiger partial charge in [0.1, 0.15) is 0 Å². The zero-order valence-electron chi connectivity index (χ0n) is 11.7. The number of hydrogen-bond acceptors (Lipinski definition) is 1. The van der Waals surface area contributed by atoms with Crippen LogP contribution in [0.5, 0.6) is 0 Å². The molecule has 2 heteroatoms. The lowest BCUT2D eigenvalue weighted by Crippen LogP contribution is -2.36. The molecule has 2 saturated carbocycles. The summed E-state index contributed by atoms with van der Waals surface area (Å²) in [5.74, 6) is 2.07. The Labute approximate surface area is 121 Å². The lowest BCUT2D eigenvalue weighted by atomic mass is 9.82. The summed E-state index contributed by atoms with van der Waals surface area (Å²) in [4.78, 5) is 0. The molecule has 0 saturated heterocycles. The van der Waals surface area contributed by atoms with Crippen molar-refractivity contribution < 1.29 is 0 Å². The topological polar surface area (TPSA) is 12.0 Å². The maximum atomic E-state index is 5.95. The molecule has 3 atom stereocenters. The van der Waals surface area contributed by atoms with Crippen molar-refractivity contribution in [3.63, 3.8) is 0 Å². The molecule has 19 heavy (non-hydrogen) atoms. The highest BCUT2D eigenvalue weighted by Gasteiger charge is 2.34. The summed E-state index contributed by atoms with van der Waals surface area (Å²) in [5, 5.41) is 4.65. The van der Waals surface area contributed by atoms with E-state index in [1.807, 2.05) is 12.1 Å². The third kappa shape index (κ3) is 3.52. The number of hydrogen-bond donors (Lipinski definition) is 1. The van der Waals surface area contributed by atoms with Crippen molar-refractivity contribution >= 4 is 11.6 Å². The van der Waals surface area contributed by atoms with E-state index in [2.05, 4.69) is 24.4 Å². The molecule has 0 heterocycles. The second-order valence-electron chi connectivity index (χ2n) is 6.40. The summed E-state index contributed by atoms with van der Waals surface area (Å²) >= 11 is 5.95. The third-order valence-electron chi connectivity index (χ3n) is 4.86. The van der Waals surface area contributed by atoms with Crippen LogP contribution in [0.2, 0.25) is 5.02 Å². The Bertz CT molecular complexity index is 410. The quantitative estimate of drug-likeness (QED) is 0.820. The van der Waals surface area contributed by atoms with E-state index >= 15 is 0 Å². The smallest absolute Gasteiger partial charge is 0.0406 e. The first-order chi connectivity index (χ1) is 9.22. The number of halogens is 1. The predicted octanol–water partition coefficient (Wildman–Crippen LogP) is 4.96. The first kappa shape index (κ1) is 13.5. The Balaban J connectivity index is 1.56. The van der Waals surface area contributed by atoms with E-state index in [1.165, 1.54) is 44.1 Å². The molecule has 0 aromatic heterocycles. The average Bonchev–Trinajstić information content (AvgIpc) is 3.24. The maximum Gasteiger partial charge on any atom is 0.0406 e. The molecule has 0 aliphatic heterocycles. The monoisotopic (exact) mass is 277 g/mol. The first-order valence-electron chi connectivity index (χ1n) is 7.74. The Hall–Kier alpha value is -0.530. The molecule has 2 aliphatic rings. The van der Waals surface area contributed by atoms with Crippen LogP contribution in [0.4, 0.5) is 0 Å². The minimum absolute atomic E-state index is 0.431. The summed E-state index contributed by atoms with van der Waals surface area (Å²) in [6.07, 6.45) is 8.60. The zero-order valence-corrected chi connectivity index (χ0v) is 12.5. The van der Waals surface area contributed by atoms with Crippen LogP contribution in [0, 0.1) is 11.8 Å². The number of nitrogens with one attached hydrogen (secondary N) is 1. The summed E-state index contributed by atoms with van der Waals surface area (Å²) < 4.78 is 0. The first-order valence-corrected chi connectivity index (χ1v) is 8.11. The van der Waals surface area contributed by atoms with E-state index in [0.717, 1.165) is 16.9 Å². The van der Waals surface area contributed by atoms with Crippen molar-refractivity contribution in [2.75, 3.05) is 0 Å². The number of benzene rings is 1. The molecule has 3 unspecified atom stereocenters. The highest BCUT2D eigenvalue weighted by atomic mass is 35.5. The van der Waals surface area contributed by atoms with Gasteiger partial charge in [-0.15, -0.1) is 0 Å². The van der Waals surface area contributed by atoms with Crippen LogP contribution in [-0.2, 0) is 0 Å². The Kier molecular flexibility index (Phi) is 4.14. The summed E-state index contributed by atoms with van der Waals surface area (Å²) in [6.45, 7) is 2.27. The number of rotatable bonds is 4. The maximum absolute atomic E-state index is 5.95. The van der Waals surface area contributed by atoms with Gasteiger partial charge in [-0.1, -0.05) is 36.6 Å². The second-order valence-corrected chi connectivity index (χ2v) is 6.84. The van der Waals surface area contributed by atoms with Gasteiger partial charge in [-0.25, -0.2) is 0 Å². The van der Waals surface area contributed by atoms with Gasteiger partial charge in [-0.05, 0) is 62.1 Å². The largest absolute Gasteiger partial charge is 0.307 e. The van der Waals surface area contributed by atoms with E-state index < -0.39 is 0 Å². The van der Waals surface area contributed by atoms with E-state index in [9.17, 15) is 0 Å². The lowest BCUT2D eigenvalue weighted by Gasteiger charge is -2.32. The normalized spacial score (nSPS) is 29.2. The van der Waals surface area contributed by atoms with Gasteiger partial charge in [-0.3, -0.25) is 0 Å². The molecule has 0 radical (unpaired) electrons. The average molecular weight is 278 g/mol. The molecule has 1 aromatic rings. The van der Waals surface area contributed by atoms with Crippen LogP contribution in [0.1, 0.15) is 57.1 Å². The summed E-state index contributed by atoms with van der Waals surface area (Å²) in [5.41, 5.74) is 1.35. The van der Waals surface area contributed by atoms with E-state index in [4.69, 9.17) is 11.6 Å². The molecule has 1 nitrogen and oxygen atoms in total. The molecule has 1 N–H and O–H groups in total. The Morgan fingerprint density at radius 1 is 1.05 bits per heavy atom. The van der Waals surface area contributed by atoms with Gasteiger partial charge in [0.15, 0.2) is 0 Å². The van der Waals surface area contributed by atoms with Crippen molar-refractivity contribution in [2.45, 2.75) is 57.5 Å². The predicted molar refractivity (Wildman–Crippen MR) is 81.5 cm³/mol. The van der Waals surface area contributed by atoms with Crippen molar-refractivity contribution in [1.82, 2.24) is 5.32 Å². The molecular formula is C17H24ClN. The SMILES string of the molecule is CC(NC1CCCC(C2CC2)C1)c1ccc(Cl)cc1. The van der Waals surface area contributed by atoms with E-state index in [1.54, 1.807) is 0 Å². The molecular weight excluding hydrogens is 254 g/mol. The fraction of sp³-hybridized carbons (Fsp3) is 0.647. The van der Waals surface area contributed by atoms with Gasteiger partial charge in [0.25, 0.3) is 0 Å². The van der Waals surface area contributed by atoms with Crippen LogP contribution in [0.3, 0.4) is 0 Å². The molecule has 1 aromatic carbocycles. The van der Waals surface area contributed by atoms with Crippen LogP contribution in [0.25, 0.3) is 0 Å². The highest BCUT2D eigenvalue weighted by Crippen LogP contribution is 2.44. The minimum atomic E-state index is 0.431. The molecule has 2 fully saturated rings. The van der Waals surface area contributed by atoms with Gasteiger partial charge in [0.05, 0.1) is 0 Å². The molecule has 0 spiro atoms. The van der Waals surface area contributed by atoms with Gasteiger partial charge in [0.2, 0.25) is 0 Å². The van der Waals surface area contributed by atoms with Crippen molar-refractivity contribution in [3.8, 4) is 0 Å². The van der Waals surface area contributed by atoms with Crippen molar-refractivity contribution in [1.29, 1.82) is 0 Å². The van der Waals surface area contributed by atoms with Gasteiger partial charge >= 0.3 is 0 Å². The van der Waals surface area contributed by atoms with Crippen molar-refractivity contribution in [2.24, 2.45) is 11.8 Å². The van der Waals surface area contributed by atoms with E-state index in [-0.39, 0.29) is 0 Å². The Morgan fingerprint density at radius 2 is 1.79 bits per heavy atom. The minimum Gasteiger partial charge on any atom is -0.307 e. The summed E-state index contributed by atoms with van der Waals surface area (Å²) in [6, 6.07) is 9.40. The van der Waals surface area contributed by atoms with Crippen LogP contribution in [0.15, 0.2) is 24.3 Å². The zero-order chi connectivity index (χ0) is 13.2. The highest BCUT2D eigenvalue weighted by molar-refractivity contribution is 6.30. The standard InChI is InChI=1S/C17H24ClN/c1-12(13-7-9-16(18)10-8-13)19-17-4-2-3-15(11-17)14-5-6-14/h7-10,12,14-15,17,19H,2-6,11H2,1H3. The van der Waals surface area contributed by atoms with E-state index in [0.29, 0.717) is 12.1 Å². The van der Waals surface area contributed by atoms with Gasteiger partial charge in [0, 0.05) is 17.1 Å². The Morgan fingerprint density at radius 3 is 2.47 bits per heavy atom. The fourth-order valence-electron chi connectivity index (χ4n) is 3.58. The van der Waals surface area contributed by atoms with Crippen LogP contribution in [-0.4, -0.2) is 6.04 Å². The van der Waals surface area contributed by atoms with Gasteiger partial charge in [-0.2, -0.15) is 0 Å². The van der Waals surface area contributed by atoms with Crippen molar-refractivity contribution in [3.05, 3.63) is 34.9 Å². The molecule has 3 rings (SSSR count). The van der Waals surface area contributed by atoms with Crippen LogP contribution >= 0.6 is 11.6 Å². The third-order valence-corrected chi connectivity index (χ3v) is 5.11. The second kappa shape index (κ2) is 5.85. The molecule has 0 amide bonds. The lowest BCUT2D eigenvalue weighted by molar-refractivity contribution is 0.249. The summed E-state index contributed by atoms with van der Waals surface area (Å²) in [7, 11) is 0. The molecule has 0 bridgehead atoms. The van der Waals surface area contributed by atoms with Gasteiger partial charge < -0.3 is 5.32 Å². The van der Waals surface area contributed by atoms with Crippen LogP contribution < -0.4 is 5.32 Å². The molecule has 2 aliphatic carbocycles. The molecule has 104 valence electrons. The fourth-order valence-corrected chi connectivity index (χ4v) is 3.70.